The minimum atomic E-state index is 0.191. The maximum atomic E-state index is 12.4. The van der Waals surface area contributed by atoms with Crippen molar-refractivity contribution in [3.63, 3.8) is 0 Å². The molecule has 2 aliphatic rings. The summed E-state index contributed by atoms with van der Waals surface area (Å²) in [6.45, 7) is 3.65. The van der Waals surface area contributed by atoms with Crippen LogP contribution in [0, 0.1) is 0 Å². The number of carbonyl (C=O) groups is 1. The van der Waals surface area contributed by atoms with E-state index in [2.05, 4.69) is 24.1 Å². The number of benzene rings is 1. The highest BCUT2D eigenvalue weighted by molar-refractivity contribution is 5.94. The molecule has 1 saturated heterocycles. The van der Waals surface area contributed by atoms with Crippen LogP contribution in [0.3, 0.4) is 0 Å². The van der Waals surface area contributed by atoms with Crippen molar-refractivity contribution in [3.8, 4) is 0 Å². The molecule has 0 N–H and O–H groups in total. The Kier molecular flexibility index (Phi) is 4.06. The highest BCUT2D eigenvalue weighted by Gasteiger charge is 2.21. The summed E-state index contributed by atoms with van der Waals surface area (Å²) in [6.07, 6.45) is 5.33. The molecule has 1 heterocycles. The lowest BCUT2D eigenvalue weighted by molar-refractivity contribution is 0.0664. The van der Waals surface area contributed by atoms with Gasteiger partial charge in [0.25, 0.3) is 5.91 Å². The third-order valence-electron chi connectivity index (χ3n) is 4.77. The van der Waals surface area contributed by atoms with Crippen molar-refractivity contribution in [2.24, 2.45) is 0 Å². The van der Waals surface area contributed by atoms with Gasteiger partial charge in [0.2, 0.25) is 0 Å². The van der Waals surface area contributed by atoms with Crippen LogP contribution in [0.2, 0.25) is 0 Å². The second-order valence-corrected chi connectivity index (χ2v) is 6.20. The van der Waals surface area contributed by atoms with Crippen LogP contribution in [0.5, 0.6) is 0 Å². The van der Waals surface area contributed by atoms with Gasteiger partial charge in [0, 0.05) is 31.7 Å². The fraction of sp³-hybridized carbons (Fsp3) is 0.588. The zero-order valence-electron chi connectivity index (χ0n) is 12.3. The largest absolute Gasteiger partial charge is 0.336 e. The molecule has 1 aromatic carbocycles. The summed E-state index contributed by atoms with van der Waals surface area (Å²) in [5.41, 5.74) is 2.26. The standard InChI is InChI=1S/C17H24N2O/c1-18-10-12-19(13-11-18)17(20)16-8-6-15(7-9-16)14-4-2-3-5-14/h6-9,14H,2-5,10-13H2,1H3. The van der Waals surface area contributed by atoms with Gasteiger partial charge in [-0.05, 0) is 43.5 Å². The molecule has 0 spiro atoms. The van der Waals surface area contributed by atoms with Crippen LogP contribution < -0.4 is 0 Å². The number of carbonyl (C=O) groups excluding carboxylic acids is 1. The summed E-state index contributed by atoms with van der Waals surface area (Å²) >= 11 is 0. The third kappa shape index (κ3) is 2.88. The fourth-order valence-electron chi connectivity index (χ4n) is 3.35. The number of nitrogens with zero attached hydrogens (tertiary/aromatic N) is 2. The molecule has 0 atom stereocenters. The van der Waals surface area contributed by atoms with Crippen LogP contribution in [0.4, 0.5) is 0 Å². The third-order valence-corrected chi connectivity index (χ3v) is 4.77. The predicted molar refractivity (Wildman–Crippen MR) is 81.1 cm³/mol. The van der Waals surface area contributed by atoms with E-state index < -0.39 is 0 Å². The molecule has 108 valence electrons. The lowest BCUT2D eigenvalue weighted by atomic mass is 9.96. The first-order valence-electron chi connectivity index (χ1n) is 7.82. The van der Waals surface area contributed by atoms with Crippen LogP contribution in [0.25, 0.3) is 0 Å². The van der Waals surface area contributed by atoms with Gasteiger partial charge in [0.1, 0.15) is 0 Å². The first-order valence-corrected chi connectivity index (χ1v) is 7.82. The summed E-state index contributed by atoms with van der Waals surface area (Å²) < 4.78 is 0. The predicted octanol–water partition coefficient (Wildman–Crippen LogP) is 2.73. The molecule has 3 nitrogen and oxygen atoms in total. The molecule has 1 aromatic rings. The summed E-state index contributed by atoms with van der Waals surface area (Å²) in [5.74, 6) is 0.916. The second kappa shape index (κ2) is 5.96. The molecule has 1 saturated carbocycles. The number of amides is 1. The van der Waals surface area contributed by atoms with Gasteiger partial charge in [-0.15, -0.1) is 0 Å². The topological polar surface area (TPSA) is 23.6 Å². The van der Waals surface area contributed by atoms with E-state index in [9.17, 15) is 4.79 Å². The van der Waals surface area contributed by atoms with Crippen molar-refractivity contribution in [1.82, 2.24) is 9.80 Å². The van der Waals surface area contributed by atoms with Crippen LogP contribution in [-0.4, -0.2) is 48.9 Å². The Morgan fingerprint density at radius 2 is 1.60 bits per heavy atom. The maximum absolute atomic E-state index is 12.4. The van der Waals surface area contributed by atoms with E-state index in [1.54, 1.807) is 0 Å². The lowest BCUT2D eigenvalue weighted by Gasteiger charge is -2.32. The summed E-state index contributed by atoms with van der Waals surface area (Å²) in [4.78, 5) is 16.7. The average Bonchev–Trinajstić information content (AvgIpc) is 3.02. The molecule has 0 bridgehead atoms. The molecule has 0 aromatic heterocycles. The minimum absolute atomic E-state index is 0.191. The molecular formula is C17H24N2O. The Balaban J connectivity index is 1.66. The molecule has 1 aliphatic heterocycles. The first-order chi connectivity index (χ1) is 9.74. The Morgan fingerprint density at radius 3 is 2.20 bits per heavy atom. The van der Waals surface area contributed by atoms with E-state index in [1.165, 1.54) is 31.2 Å². The van der Waals surface area contributed by atoms with Gasteiger partial charge in [-0.25, -0.2) is 0 Å². The van der Waals surface area contributed by atoms with Gasteiger partial charge in [0.05, 0.1) is 0 Å². The van der Waals surface area contributed by atoms with Crippen molar-refractivity contribution in [3.05, 3.63) is 35.4 Å². The Morgan fingerprint density at radius 1 is 1.00 bits per heavy atom. The Labute approximate surface area is 121 Å². The van der Waals surface area contributed by atoms with Gasteiger partial charge in [-0.1, -0.05) is 25.0 Å². The summed E-state index contributed by atoms with van der Waals surface area (Å²) in [7, 11) is 2.11. The highest BCUT2D eigenvalue weighted by Crippen LogP contribution is 2.34. The molecular weight excluding hydrogens is 248 g/mol. The fourth-order valence-corrected chi connectivity index (χ4v) is 3.35. The number of hydrogen-bond acceptors (Lipinski definition) is 2. The van der Waals surface area contributed by atoms with Crippen molar-refractivity contribution in [2.75, 3.05) is 33.2 Å². The lowest BCUT2D eigenvalue weighted by Crippen LogP contribution is -2.47. The van der Waals surface area contributed by atoms with Crippen LogP contribution in [0.1, 0.15) is 47.5 Å². The van der Waals surface area contributed by atoms with Crippen molar-refractivity contribution in [1.29, 1.82) is 0 Å². The maximum Gasteiger partial charge on any atom is 0.253 e. The molecule has 0 unspecified atom stereocenters. The summed E-state index contributed by atoms with van der Waals surface area (Å²) in [6, 6.07) is 8.38. The smallest absolute Gasteiger partial charge is 0.253 e. The minimum Gasteiger partial charge on any atom is -0.336 e. The average molecular weight is 272 g/mol. The van der Waals surface area contributed by atoms with E-state index >= 15 is 0 Å². The molecule has 20 heavy (non-hydrogen) atoms. The monoisotopic (exact) mass is 272 g/mol. The zero-order valence-corrected chi connectivity index (χ0v) is 12.3. The van der Waals surface area contributed by atoms with Crippen molar-refractivity contribution in [2.45, 2.75) is 31.6 Å². The van der Waals surface area contributed by atoms with Gasteiger partial charge in [-0.2, -0.15) is 0 Å². The van der Waals surface area contributed by atoms with Gasteiger partial charge in [0.15, 0.2) is 0 Å². The molecule has 3 heteroatoms. The molecule has 2 fully saturated rings. The van der Waals surface area contributed by atoms with Gasteiger partial charge >= 0.3 is 0 Å². The Bertz CT molecular complexity index is 454. The van der Waals surface area contributed by atoms with Crippen LogP contribution >= 0.6 is 0 Å². The van der Waals surface area contributed by atoms with Crippen molar-refractivity contribution < 1.29 is 4.79 Å². The van der Waals surface area contributed by atoms with E-state index in [4.69, 9.17) is 0 Å². The number of rotatable bonds is 2. The van der Waals surface area contributed by atoms with Crippen molar-refractivity contribution >= 4 is 5.91 Å². The molecule has 1 aliphatic carbocycles. The SMILES string of the molecule is CN1CCN(C(=O)c2ccc(C3CCCC3)cc2)CC1. The normalized spacial score (nSPS) is 21.4. The van der Waals surface area contributed by atoms with E-state index in [1.807, 2.05) is 17.0 Å². The summed E-state index contributed by atoms with van der Waals surface area (Å²) in [5, 5.41) is 0. The number of likely N-dealkylation sites (N-methyl/N-ethyl adjacent to an activating group) is 1. The van der Waals surface area contributed by atoms with Gasteiger partial charge < -0.3 is 9.80 Å². The van der Waals surface area contributed by atoms with Crippen LogP contribution in [-0.2, 0) is 0 Å². The number of hydrogen-bond donors (Lipinski definition) is 0. The van der Waals surface area contributed by atoms with Crippen LogP contribution in [0.15, 0.2) is 24.3 Å². The Hall–Kier alpha value is -1.35. The highest BCUT2D eigenvalue weighted by atomic mass is 16.2. The quantitative estimate of drug-likeness (QED) is 0.826. The van der Waals surface area contributed by atoms with E-state index in [-0.39, 0.29) is 5.91 Å². The number of piperazine rings is 1. The molecule has 1 amide bonds. The van der Waals surface area contributed by atoms with E-state index in [0.717, 1.165) is 37.7 Å². The molecule has 3 rings (SSSR count). The zero-order chi connectivity index (χ0) is 13.9. The van der Waals surface area contributed by atoms with E-state index in [0.29, 0.717) is 0 Å². The van der Waals surface area contributed by atoms with Gasteiger partial charge in [-0.3, -0.25) is 4.79 Å². The molecule has 0 radical (unpaired) electrons. The first kappa shape index (κ1) is 13.6. The second-order valence-electron chi connectivity index (χ2n) is 6.20.